The van der Waals surface area contributed by atoms with Crippen LogP contribution < -0.4 is 10.1 Å². The van der Waals surface area contributed by atoms with Crippen LogP contribution >= 0.6 is 11.3 Å². The van der Waals surface area contributed by atoms with Crippen LogP contribution in [-0.2, 0) is 14.3 Å². The van der Waals surface area contributed by atoms with Gasteiger partial charge in [-0.05, 0) is 24.3 Å². The van der Waals surface area contributed by atoms with Crippen molar-refractivity contribution in [3.05, 3.63) is 29.6 Å². The van der Waals surface area contributed by atoms with Gasteiger partial charge in [-0.15, -0.1) is 11.3 Å². The van der Waals surface area contributed by atoms with E-state index in [0.717, 1.165) is 18.4 Å². The molecule has 0 saturated carbocycles. The van der Waals surface area contributed by atoms with Gasteiger partial charge in [0.15, 0.2) is 5.13 Å². The zero-order valence-electron chi connectivity index (χ0n) is 10.9. The van der Waals surface area contributed by atoms with Crippen LogP contribution in [0.4, 0.5) is 5.13 Å². The molecular formula is C13H12N2O4S. The maximum absolute atomic E-state index is 11.3. The number of amides is 1. The summed E-state index contributed by atoms with van der Waals surface area (Å²) in [6.07, 6.45) is 0. The Morgan fingerprint density at radius 2 is 1.90 bits per heavy atom. The van der Waals surface area contributed by atoms with Crippen LogP contribution in [0.5, 0.6) is 5.75 Å². The minimum atomic E-state index is -0.953. The second kappa shape index (κ2) is 6.16. The first-order valence-corrected chi connectivity index (χ1v) is 6.51. The van der Waals surface area contributed by atoms with Crippen molar-refractivity contribution in [1.82, 2.24) is 4.98 Å². The number of esters is 1. The van der Waals surface area contributed by atoms with Gasteiger partial charge in [0.1, 0.15) is 5.75 Å². The summed E-state index contributed by atoms with van der Waals surface area (Å²) in [6, 6.07) is 7.36. The molecule has 0 atom stereocenters. The lowest BCUT2D eigenvalue weighted by molar-refractivity contribution is -0.150. The molecule has 2 aromatic rings. The highest BCUT2D eigenvalue weighted by Gasteiger charge is 2.15. The fraction of sp³-hybridized carbons (Fsp3) is 0.154. The Labute approximate surface area is 119 Å². The summed E-state index contributed by atoms with van der Waals surface area (Å²) in [6.45, 7) is 0. The average molecular weight is 292 g/mol. The Bertz CT molecular complexity index is 622. The van der Waals surface area contributed by atoms with Gasteiger partial charge >= 0.3 is 11.9 Å². The van der Waals surface area contributed by atoms with Crippen LogP contribution in [0.15, 0.2) is 29.6 Å². The van der Waals surface area contributed by atoms with Crippen LogP contribution in [0.25, 0.3) is 11.3 Å². The molecule has 1 heterocycles. The van der Waals surface area contributed by atoms with Gasteiger partial charge in [-0.3, -0.25) is 10.1 Å². The molecule has 1 aromatic heterocycles. The number of carbonyl (C=O) groups excluding carboxylic acids is 2. The summed E-state index contributed by atoms with van der Waals surface area (Å²) in [7, 11) is 2.74. The summed E-state index contributed by atoms with van der Waals surface area (Å²) in [5.74, 6) is -1.04. The van der Waals surface area contributed by atoms with Crippen molar-refractivity contribution in [2.24, 2.45) is 0 Å². The Kier molecular flexibility index (Phi) is 4.31. The molecule has 0 radical (unpaired) electrons. The number of rotatable bonds is 3. The van der Waals surface area contributed by atoms with E-state index >= 15 is 0 Å². The molecule has 0 spiro atoms. The second-order valence-corrected chi connectivity index (χ2v) is 4.57. The molecule has 0 bridgehead atoms. The molecule has 1 amide bonds. The van der Waals surface area contributed by atoms with E-state index in [-0.39, 0.29) is 0 Å². The molecule has 0 unspecified atom stereocenters. The molecule has 1 N–H and O–H groups in total. The molecule has 2 rings (SSSR count). The number of anilines is 1. The van der Waals surface area contributed by atoms with Crippen LogP contribution in [-0.4, -0.2) is 31.1 Å². The molecule has 0 fully saturated rings. The number of hydrogen-bond donors (Lipinski definition) is 1. The number of methoxy groups -OCH3 is 2. The zero-order valence-corrected chi connectivity index (χ0v) is 11.7. The maximum Gasteiger partial charge on any atom is 0.396 e. The molecule has 0 saturated heterocycles. The van der Waals surface area contributed by atoms with Gasteiger partial charge in [0.2, 0.25) is 0 Å². The third-order valence-corrected chi connectivity index (χ3v) is 3.24. The van der Waals surface area contributed by atoms with Crippen molar-refractivity contribution in [2.75, 3.05) is 19.5 Å². The third-order valence-electron chi connectivity index (χ3n) is 2.48. The number of carbonyl (C=O) groups is 2. The molecule has 0 aliphatic heterocycles. The average Bonchev–Trinajstić information content (AvgIpc) is 2.94. The Hall–Kier alpha value is -2.41. The first-order valence-electron chi connectivity index (χ1n) is 5.63. The number of ether oxygens (including phenoxy) is 2. The van der Waals surface area contributed by atoms with Gasteiger partial charge < -0.3 is 9.47 Å². The van der Waals surface area contributed by atoms with Crippen LogP contribution in [0, 0.1) is 0 Å². The monoisotopic (exact) mass is 292 g/mol. The SMILES string of the molecule is COC(=O)C(=O)Nc1nc(-c2ccc(OC)cc2)cs1. The van der Waals surface area contributed by atoms with Crippen LogP contribution in [0.3, 0.4) is 0 Å². The molecule has 6 nitrogen and oxygen atoms in total. The molecule has 7 heteroatoms. The highest BCUT2D eigenvalue weighted by atomic mass is 32.1. The van der Waals surface area contributed by atoms with Crippen molar-refractivity contribution < 1.29 is 19.1 Å². The minimum absolute atomic E-state index is 0.339. The molecule has 104 valence electrons. The summed E-state index contributed by atoms with van der Waals surface area (Å²) >= 11 is 1.23. The second-order valence-electron chi connectivity index (χ2n) is 3.71. The molecule has 0 aliphatic carbocycles. The van der Waals surface area contributed by atoms with Crippen molar-refractivity contribution in [3.8, 4) is 17.0 Å². The first kappa shape index (κ1) is 14.0. The van der Waals surface area contributed by atoms with Gasteiger partial charge in [0.25, 0.3) is 0 Å². The van der Waals surface area contributed by atoms with Gasteiger partial charge in [-0.2, -0.15) is 0 Å². The number of benzene rings is 1. The van der Waals surface area contributed by atoms with Crippen LogP contribution in [0.2, 0.25) is 0 Å². The Morgan fingerprint density at radius 1 is 1.20 bits per heavy atom. The fourth-order valence-electron chi connectivity index (χ4n) is 1.47. The number of aromatic nitrogens is 1. The lowest BCUT2D eigenvalue weighted by Gasteiger charge is -2.01. The van der Waals surface area contributed by atoms with Crippen LogP contribution in [0.1, 0.15) is 0 Å². The molecule has 20 heavy (non-hydrogen) atoms. The minimum Gasteiger partial charge on any atom is -0.497 e. The summed E-state index contributed by atoms with van der Waals surface area (Å²) in [4.78, 5) is 26.6. The number of hydrogen-bond acceptors (Lipinski definition) is 6. The Morgan fingerprint density at radius 3 is 2.50 bits per heavy atom. The smallest absolute Gasteiger partial charge is 0.396 e. The summed E-state index contributed by atoms with van der Waals surface area (Å²) in [5, 5.41) is 4.50. The molecule has 1 aromatic carbocycles. The number of nitrogens with one attached hydrogen (secondary N) is 1. The number of nitrogens with zero attached hydrogens (tertiary/aromatic N) is 1. The lowest BCUT2D eigenvalue weighted by Crippen LogP contribution is -2.23. The summed E-state index contributed by atoms with van der Waals surface area (Å²) < 4.78 is 9.39. The normalized spacial score (nSPS) is 9.90. The quantitative estimate of drug-likeness (QED) is 0.691. The highest BCUT2D eigenvalue weighted by molar-refractivity contribution is 7.14. The fourth-order valence-corrected chi connectivity index (χ4v) is 2.18. The third kappa shape index (κ3) is 3.12. The largest absolute Gasteiger partial charge is 0.497 e. The van der Waals surface area contributed by atoms with Crippen molar-refractivity contribution in [2.45, 2.75) is 0 Å². The van der Waals surface area contributed by atoms with E-state index in [4.69, 9.17) is 4.74 Å². The van der Waals surface area contributed by atoms with Gasteiger partial charge in [0.05, 0.1) is 19.9 Å². The van der Waals surface area contributed by atoms with E-state index in [1.807, 2.05) is 24.3 Å². The summed E-state index contributed by atoms with van der Waals surface area (Å²) in [5.41, 5.74) is 1.60. The topological polar surface area (TPSA) is 77.5 Å². The number of thiazole rings is 1. The van der Waals surface area contributed by atoms with E-state index in [2.05, 4.69) is 15.0 Å². The van der Waals surface area contributed by atoms with E-state index < -0.39 is 11.9 Å². The van der Waals surface area contributed by atoms with E-state index in [0.29, 0.717) is 10.8 Å². The predicted molar refractivity (Wildman–Crippen MR) is 74.7 cm³/mol. The predicted octanol–water partition coefficient (Wildman–Crippen LogP) is 1.93. The van der Waals surface area contributed by atoms with E-state index in [1.165, 1.54) is 11.3 Å². The van der Waals surface area contributed by atoms with Crippen molar-refractivity contribution in [1.29, 1.82) is 0 Å². The van der Waals surface area contributed by atoms with E-state index in [9.17, 15) is 9.59 Å². The van der Waals surface area contributed by atoms with Gasteiger partial charge in [-0.1, -0.05) is 0 Å². The zero-order chi connectivity index (χ0) is 14.5. The van der Waals surface area contributed by atoms with Gasteiger partial charge in [-0.25, -0.2) is 9.78 Å². The van der Waals surface area contributed by atoms with Gasteiger partial charge in [0, 0.05) is 10.9 Å². The highest BCUT2D eigenvalue weighted by Crippen LogP contribution is 2.26. The Balaban J connectivity index is 2.12. The molecular weight excluding hydrogens is 280 g/mol. The maximum atomic E-state index is 11.3. The van der Waals surface area contributed by atoms with E-state index in [1.54, 1.807) is 12.5 Å². The van der Waals surface area contributed by atoms with Crippen molar-refractivity contribution in [3.63, 3.8) is 0 Å². The molecule has 0 aliphatic rings. The van der Waals surface area contributed by atoms with Crippen molar-refractivity contribution >= 4 is 28.3 Å². The standard InChI is InChI=1S/C13H12N2O4S/c1-18-9-5-3-8(4-6-9)10-7-20-13(14-10)15-11(16)12(17)19-2/h3-7H,1-2H3,(H,14,15,16). The lowest BCUT2D eigenvalue weighted by atomic mass is 10.2. The first-order chi connectivity index (χ1) is 9.63.